The van der Waals surface area contributed by atoms with Gasteiger partial charge in [0.05, 0.1) is 22.3 Å². The van der Waals surface area contributed by atoms with E-state index < -0.39 is 11.8 Å². The number of amides is 2. The van der Waals surface area contributed by atoms with Crippen molar-refractivity contribution in [2.24, 2.45) is 21.7 Å². The lowest BCUT2D eigenvalue weighted by molar-refractivity contribution is -0.124. The summed E-state index contributed by atoms with van der Waals surface area (Å²) in [7, 11) is 0. The predicted octanol–water partition coefficient (Wildman–Crippen LogP) is 2.71. The Hall–Kier alpha value is -3.37. The highest BCUT2D eigenvalue weighted by molar-refractivity contribution is 6.60. The van der Waals surface area contributed by atoms with Gasteiger partial charge in [0, 0.05) is 19.6 Å². The van der Waals surface area contributed by atoms with Crippen LogP contribution in [0.15, 0.2) is 52.0 Å². The largest absolute Gasteiger partial charge is 0.404 e. The van der Waals surface area contributed by atoms with Gasteiger partial charge in [0.15, 0.2) is 5.71 Å². The molecule has 0 aromatic heterocycles. The maximum Gasteiger partial charge on any atom is 0.275 e. The summed E-state index contributed by atoms with van der Waals surface area (Å²) in [4.78, 5) is 31.8. The van der Waals surface area contributed by atoms with Crippen LogP contribution >= 0.6 is 23.2 Å². The van der Waals surface area contributed by atoms with E-state index in [1.807, 2.05) is 19.1 Å². The Balaban J connectivity index is 2.09. The van der Waals surface area contributed by atoms with Crippen molar-refractivity contribution in [3.63, 3.8) is 0 Å². The highest BCUT2D eigenvalue weighted by atomic mass is 35.5. The van der Waals surface area contributed by atoms with Crippen LogP contribution in [0.25, 0.3) is 0 Å². The van der Waals surface area contributed by atoms with Crippen molar-refractivity contribution in [1.29, 1.82) is 5.41 Å². The van der Waals surface area contributed by atoms with Gasteiger partial charge >= 0.3 is 0 Å². The number of hydrazone groups is 1. The van der Waals surface area contributed by atoms with Gasteiger partial charge < -0.3 is 32.5 Å². The molecule has 1 saturated heterocycles. The molecule has 10 nitrogen and oxygen atoms in total. The van der Waals surface area contributed by atoms with Crippen molar-refractivity contribution in [2.45, 2.75) is 45.7 Å². The minimum absolute atomic E-state index is 0.109. The Kier molecular flexibility index (Phi) is 11.4. The van der Waals surface area contributed by atoms with E-state index in [0.717, 1.165) is 11.8 Å². The van der Waals surface area contributed by atoms with Crippen LogP contribution in [0.4, 0.5) is 0 Å². The Morgan fingerprint density at radius 1 is 1.25 bits per heavy atom. The number of benzene rings is 1. The first kappa shape index (κ1) is 28.9. The second-order valence-corrected chi connectivity index (χ2v) is 8.91. The zero-order valence-corrected chi connectivity index (χ0v) is 21.9. The van der Waals surface area contributed by atoms with Crippen molar-refractivity contribution in [3.8, 4) is 0 Å². The maximum atomic E-state index is 13.2. The average molecular weight is 535 g/mol. The highest BCUT2D eigenvalue weighted by Gasteiger charge is 2.26. The first-order valence-electron chi connectivity index (χ1n) is 11.5. The third kappa shape index (κ3) is 8.10. The minimum atomic E-state index is -0.395. The van der Waals surface area contributed by atoms with Gasteiger partial charge in [-0.25, -0.2) is 0 Å². The number of rotatable bonds is 10. The van der Waals surface area contributed by atoms with E-state index in [-0.39, 0.29) is 17.5 Å². The molecular formula is C24H32Cl2N8O2. The predicted molar refractivity (Wildman–Crippen MR) is 145 cm³/mol. The number of carbonyl (C=O) groups excluding carboxylic acids is 2. The van der Waals surface area contributed by atoms with Gasteiger partial charge in [-0.3, -0.25) is 14.6 Å². The molecule has 7 N–H and O–H groups in total. The number of halogens is 2. The third-order valence-electron chi connectivity index (χ3n) is 5.52. The molecule has 0 radical (unpaired) electrons. The van der Waals surface area contributed by atoms with Crippen LogP contribution in [0, 0.1) is 5.41 Å². The third-order valence-corrected chi connectivity index (χ3v) is 6.26. The lowest BCUT2D eigenvalue weighted by Gasteiger charge is -2.30. The number of allylic oxidation sites excluding steroid dienone is 1. The first-order chi connectivity index (χ1) is 17.2. The smallest absolute Gasteiger partial charge is 0.275 e. The van der Waals surface area contributed by atoms with E-state index in [2.05, 4.69) is 20.7 Å². The molecule has 1 heterocycles. The summed E-state index contributed by atoms with van der Waals surface area (Å²) in [5, 5.41) is 17.6. The molecule has 2 rings (SSSR count). The van der Waals surface area contributed by atoms with E-state index in [0.29, 0.717) is 60.3 Å². The zero-order valence-electron chi connectivity index (χ0n) is 20.4. The van der Waals surface area contributed by atoms with Crippen molar-refractivity contribution in [2.75, 3.05) is 13.1 Å². The van der Waals surface area contributed by atoms with Crippen LogP contribution < -0.4 is 22.2 Å². The van der Waals surface area contributed by atoms with E-state index >= 15 is 0 Å². The van der Waals surface area contributed by atoms with Crippen molar-refractivity contribution < 1.29 is 9.59 Å². The number of hydrogen-bond acceptors (Lipinski definition) is 8. The van der Waals surface area contributed by atoms with Crippen molar-refractivity contribution in [1.82, 2.24) is 15.5 Å². The molecule has 36 heavy (non-hydrogen) atoms. The SMILES string of the molecule is CC/C=C(\NCc1ccc(Cl)c(Cl)c1)NC(=O)C(=NC1CCN(C(=O)/C(C=N)=N/N)CC1)C(C)=CN. The van der Waals surface area contributed by atoms with Crippen molar-refractivity contribution >= 4 is 52.7 Å². The quantitative estimate of drug-likeness (QED) is 0.177. The molecule has 1 aromatic carbocycles. The lowest BCUT2D eigenvalue weighted by atomic mass is 10.0. The van der Waals surface area contributed by atoms with Gasteiger partial charge in [0.2, 0.25) is 0 Å². The molecule has 194 valence electrons. The molecule has 0 saturated carbocycles. The normalized spacial score (nSPS) is 16.1. The Morgan fingerprint density at radius 3 is 2.50 bits per heavy atom. The maximum absolute atomic E-state index is 13.2. The molecule has 1 aliphatic rings. The molecule has 0 spiro atoms. The van der Waals surface area contributed by atoms with Gasteiger partial charge in [-0.15, -0.1) is 0 Å². The summed E-state index contributed by atoms with van der Waals surface area (Å²) in [6, 6.07) is 5.15. The average Bonchev–Trinajstić information content (AvgIpc) is 2.88. The molecular weight excluding hydrogens is 503 g/mol. The number of nitrogens with one attached hydrogen (secondary N) is 3. The van der Waals surface area contributed by atoms with Gasteiger partial charge in [-0.05, 0) is 61.7 Å². The van der Waals surface area contributed by atoms with Gasteiger partial charge in [-0.1, -0.05) is 36.2 Å². The fourth-order valence-electron chi connectivity index (χ4n) is 3.52. The van der Waals surface area contributed by atoms with Crippen LogP contribution in [-0.2, 0) is 16.1 Å². The summed E-state index contributed by atoms with van der Waals surface area (Å²) in [5.41, 5.74) is 7.27. The number of likely N-dealkylation sites (tertiary alicyclic amines) is 1. The molecule has 12 heteroatoms. The number of piperidine rings is 1. The van der Waals surface area contributed by atoms with Crippen LogP contribution in [0.5, 0.6) is 0 Å². The fraction of sp³-hybridized carbons (Fsp3) is 0.375. The Morgan fingerprint density at radius 2 is 1.94 bits per heavy atom. The minimum Gasteiger partial charge on any atom is -0.404 e. The lowest BCUT2D eigenvalue weighted by Crippen LogP contribution is -2.44. The molecule has 0 aliphatic carbocycles. The van der Waals surface area contributed by atoms with E-state index in [9.17, 15) is 9.59 Å². The highest BCUT2D eigenvalue weighted by Crippen LogP contribution is 2.22. The molecule has 0 unspecified atom stereocenters. The summed E-state index contributed by atoms with van der Waals surface area (Å²) >= 11 is 12.1. The summed E-state index contributed by atoms with van der Waals surface area (Å²) < 4.78 is 0. The molecule has 1 aliphatic heterocycles. The van der Waals surface area contributed by atoms with Gasteiger partial charge in [-0.2, -0.15) is 5.10 Å². The second-order valence-electron chi connectivity index (χ2n) is 8.09. The van der Waals surface area contributed by atoms with Crippen molar-refractivity contribution in [3.05, 3.63) is 57.5 Å². The van der Waals surface area contributed by atoms with Crippen LogP contribution in [-0.4, -0.2) is 53.5 Å². The Labute approximate surface area is 221 Å². The number of nitrogens with zero attached hydrogens (tertiary/aromatic N) is 3. The number of aliphatic imine (C=N–C) groups is 1. The topological polar surface area (TPSA) is 162 Å². The fourth-order valence-corrected chi connectivity index (χ4v) is 3.84. The van der Waals surface area contributed by atoms with Gasteiger partial charge in [0.1, 0.15) is 11.5 Å². The first-order valence-corrected chi connectivity index (χ1v) is 12.2. The van der Waals surface area contributed by atoms with E-state index in [1.54, 1.807) is 24.0 Å². The summed E-state index contributed by atoms with van der Waals surface area (Å²) in [6.45, 7) is 4.93. The molecule has 0 atom stereocenters. The van der Waals surface area contributed by atoms with Crippen LogP contribution in [0.1, 0.15) is 38.7 Å². The molecule has 1 fully saturated rings. The Bertz CT molecular complexity index is 1090. The number of carbonyl (C=O) groups is 2. The summed E-state index contributed by atoms with van der Waals surface area (Å²) in [6.07, 6.45) is 5.82. The monoisotopic (exact) mass is 534 g/mol. The van der Waals surface area contributed by atoms with Gasteiger partial charge in [0.25, 0.3) is 11.8 Å². The van der Waals surface area contributed by atoms with E-state index in [4.69, 9.17) is 40.2 Å². The number of hydrogen-bond donors (Lipinski definition) is 5. The van der Waals surface area contributed by atoms with E-state index in [1.165, 1.54) is 6.20 Å². The molecule has 1 aromatic rings. The zero-order chi connectivity index (χ0) is 26.7. The van der Waals surface area contributed by atoms with Crippen LogP contribution in [0.3, 0.4) is 0 Å². The number of nitrogens with two attached hydrogens (primary N) is 2. The molecule has 2 amide bonds. The summed E-state index contributed by atoms with van der Waals surface area (Å²) in [5.74, 6) is 4.92. The standard InChI is InChI=1S/C24H32Cl2N8O2/c1-3-4-21(30-14-16-5-6-18(25)19(26)11-16)32-23(35)22(15(2)12-27)31-17-7-9-34(10-8-17)24(36)20(13-28)33-29/h4-6,11-13,17,28,30H,3,7-10,14,27,29H2,1-2H3,(H,32,35)/b15-12?,21-4+,28-13?,31-22?,33-20+. The van der Waals surface area contributed by atoms with Crippen LogP contribution in [0.2, 0.25) is 10.0 Å². The second kappa shape index (κ2) is 14.3. The molecule has 0 bridgehead atoms.